The van der Waals surface area contributed by atoms with Crippen molar-refractivity contribution in [3.8, 4) is 9.75 Å². The van der Waals surface area contributed by atoms with Crippen molar-refractivity contribution < 1.29 is 9.53 Å². The summed E-state index contributed by atoms with van der Waals surface area (Å²) in [6.45, 7) is 3.89. The topological polar surface area (TPSA) is 32.8 Å². The van der Waals surface area contributed by atoms with E-state index in [2.05, 4.69) is 47.4 Å². The molecule has 0 N–H and O–H groups in total. The van der Waals surface area contributed by atoms with Crippen LogP contribution in [0.1, 0.15) is 12.8 Å². The second kappa shape index (κ2) is 5.80. The van der Waals surface area contributed by atoms with E-state index in [1.54, 1.807) is 11.3 Å². The van der Waals surface area contributed by atoms with Crippen LogP contribution in [0.3, 0.4) is 0 Å². The molecule has 4 nitrogen and oxygen atoms in total. The van der Waals surface area contributed by atoms with E-state index < -0.39 is 0 Å². The SMILES string of the molecule is O=C1O[C@]2(CN3CCC2CC3)CN1c1ccc(-c2cc3ccccc3s2)s1. The van der Waals surface area contributed by atoms with E-state index in [4.69, 9.17) is 4.74 Å². The first kappa shape index (κ1) is 16.1. The lowest BCUT2D eigenvalue weighted by atomic mass is 9.75. The average molecular weight is 397 g/mol. The Bertz CT molecular complexity index is 1000. The van der Waals surface area contributed by atoms with Crippen LogP contribution in [0.2, 0.25) is 0 Å². The monoisotopic (exact) mass is 396 g/mol. The summed E-state index contributed by atoms with van der Waals surface area (Å²) in [4.78, 5) is 19.5. The van der Waals surface area contributed by atoms with Crippen LogP contribution in [0, 0.1) is 5.92 Å². The zero-order valence-electron chi connectivity index (χ0n) is 14.9. The lowest BCUT2D eigenvalue weighted by Gasteiger charge is -2.49. The largest absolute Gasteiger partial charge is 0.439 e. The summed E-state index contributed by atoms with van der Waals surface area (Å²) < 4.78 is 7.31. The van der Waals surface area contributed by atoms with Crippen LogP contribution in [0.15, 0.2) is 42.5 Å². The molecule has 0 saturated carbocycles. The number of hydrogen-bond acceptors (Lipinski definition) is 5. The summed E-state index contributed by atoms with van der Waals surface area (Å²) in [6.07, 6.45) is 2.13. The molecule has 1 spiro atoms. The van der Waals surface area contributed by atoms with E-state index in [1.807, 2.05) is 16.2 Å². The number of piperidine rings is 3. The number of benzene rings is 1. The molecule has 6 heteroatoms. The Kier molecular flexibility index (Phi) is 3.46. The molecule has 1 atom stereocenters. The van der Waals surface area contributed by atoms with E-state index in [9.17, 15) is 4.79 Å². The van der Waals surface area contributed by atoms with Gasteiger partial charge < -0.3 is 4.74 Å². The molecule has 1 amide bonds. The number of carbonyl (C=O) groups is 1. The number of amides is 1. The highest BCUT2D eigenvalue weighted by atomic mass is 32.1. The molecule has 4 fully saturated rings. The normalized spacial score (nSPS) is 29.8. The summed E-state index contributed by atoms with van der Waals surface area (Å²) in [5.74, 6) is 0.512. The predicted octanol–water partition coefficient (Wildman–Crippen LogP) is 5.05. The van der Waals surface area contributed by atoms with Crippen LogP contribution in [0.25, 0.3) is 19.8 Å². The molecule has 138 valence electrons. The molecular weight excluding hydrogens is 376 g/mol. The van der Waals surface area contributed by atoms with Crippen molar-refractivity contribution >= 4 is 43.9 Å². The fourth-order valence-corrected chi connectivity index (χ4v) is 7.03. The Morgan fingerprint density at radius 3 is 2.63 bits per heavy atom. The van der Waals surface area contributed by atoms with Gasteiger partial charge in [0, 0.05) is 26.9 Å². The fourth-order valence-electron chi connectivity index (χ4n) is 4.89. The summed E-state index contributed by atoms with van der Waals surface area (Å²) in [7, 11) is 0. The third-order valence-corrected chi connectivity index (χ3v) is 8.71. The zero-order chi connectivity index (χ0) is 18.0. The van der Waals surface area contributed by atoms with Gasteiger partial charge in [0.25, 0.3) is 0 Å². The number of carbonyl (C=O) groups excluding carboxylic acids is 1. The fraction of sp³-hybridized carbons (Fsp3) is 0.381. The minimum Gasteiger partial charge on any atom is -0.439 e. The van der Waals surface area contributed by atoms with E-state index >= 15 is 0 Å². The highest BCUT2D eigenvalue weighted by Crippen LogP contribution is 2.46. The Labute approximate surface area is 166 Å². The highest BCUT2D eigenvalue weighted by Gasteiger charge is 2.55. The minimum atomic E-state index is -0.296. The zero-order valence-corrected chi connectivity index (χ0v) is 16.5. The third kappa shape index (κ3) is 2.47. The Hall–Kier alpha value is -1.89. The van der Waals surface area contributed by atoms with Crippen LogP contribution >= 0.6 is 22.7 Å². The quantitative estimate of drug-likeness (QED) is 0.608. The maximum Gasteiger partial charge on any atom is 0.415 e. The van der Waals surface area contributed by atoms with E-state index in [0.29, 0.717) is 12.5 Å². The van der Waals surface area contributed by atoms with Gasteiger partial charge in [0.05, 0.1) is 6.54 Å². The first-order valence-corrected chi connectivity index (χ1v) is 11.2. The second-order valence-corrected chi connectivity index (χ2v) is 10.0. The van der Waals surface area contributed by atoms with E-state index in [-0.39, 0.29) is 11.7 Å². The lowest BCUT2D eigenvalue weighted by Crippen LogP contribution is -2.61. The van der Waals surface area contributed by atoms with Gasteiger partial charge in [0.15, 0.2) is 0 Å². The van der Waals surface area contributed by atoms with Gasteiger partial charge in [-0.1, -0.05) is 18.2 Å². The molecule has 0 unspecified atom stereocenters. The highest BCUT2D eigenvalue weighted by molar-refractivity contribution is 7.27. The smallest absolute Gasteiger partial charge is 0.415 e. The van der Waals surface area contributed by atoms with E-state index in [0.717, 1.165) is 37.5 Å². The van der Waals surface area contributed by atoms with Crippen molar-refractivity contribution in [1.82, 2.24) is 4.90 Å². The Morgan fingerprint density at radius 1 is 1.00 bits per heavy atom. The van der Waals surface area contributed by atoms with Gasteiger partial charge in [-0.3, -0.25) is 9.80 Å². The van der Waals surface area contributed by atoms with Crippen molar-refractivity contribution in [2.45, 2.75) is 18.4 Å². The number of fused-ring (bicyclic) bond motifs is 3. The van der Waals surface area contributed by atoms with Gasteiger partial charge >= 0.3 is 6.09 Å². The number of rotatable bonds is 2. The molecule has 1 aromatic carbocycles. The molecule has 3 aromatic rings. The summed E-state index contributed by atoms with van der Waals surface area (Å²) in [5.41, 5.74) is -0.296. The van der Waals surface area contributed by atoms with Crippen molar-refractivity contribution in [3.05, 3.63) is 42.5 Å². The van der Waals surface area contributed by atoms with Crippen molar-refractivity contribution in [2.24, 2.45) is 5.92 Å². The number of nitrogens with zero attached hydrogens (tertiary/aromatic N) is 2. The second-order valence-electron chi connectivity index (χ2n) is 7.86. The van der Waals surface area contributed by atoms with Crippen LogP contribution in [0.4, 0.5) is 9.80 Å². The van der Waals surface area contributed by atoms with Crippen LogP contribution in [0.5, 0.6) is 0 Å². The molecular formula is C21H20N2O2S2. The van der Waals surface area contributed by atoms with Gasteiger partial charge in [0.2, 0.25) is 0 Å². The molecule has 7 rings (SSSR count). The number of thiophene rings is 2. The Balaban J connectivity index is 1.30. The molecule has 2 bridgehead atoms. The molecule has 0 radical (unpaired) electrons. The lowest BCUT2D eigenvalue weighted by molar-refractivity contribution is -0.0881. The molecule has 0 aliphatic carbocycles. The van der Waals surface area contributed by atoms with Gasteiger partial charge in [-0.25, -0.2) is 4.79 Å². The molecule has 6 heterocycles. The first-order chi connectivity index (χ1) is 13.2. The standard InChI is InChI=1S/C21H20N2O2S2/c24-20-23(13-21(25-20)12-22-9-7-15(21)8-10-22)19-6-5-17(27-19)18-11-14-3-1-2-4-16(14)26-18/h1-6,11,15H,7-10,12-13H2/t21-/m1/s1. The van der Waals surface area contributed by atoms with Crippen molar-refractivity contribution in [1.29, 1.82) is 0 Å². The van der Waals surface area contributed by atoms with Gasteiger partial charge in [-0.2, -0.15) is 0 Å². The van der Waals surface area contributed by atoms with Crippen molar-refractivity contribution in [2.75, 3.05) is 31.1 Å². The molecule has 2 aromatic heterocycles. The predicted molar refractivity (Wildman–Crippen MR) is 111 cm³/mol. The van der Waals surface area contributed by atoms with Gasteiger partial charge in [0.1, 0.15) is 10.6 Å². The van der Waals surface area contributed by atoms with Crippen LogP contribution in [-0.4, -0.2) is 42.8 Å². The minimum absolute atomic E-state index is 0.173. The van der Waals surface area contributed by atoms with Crippen LogP contribution in [-0.2, 0) is 4.74 Å². The van der Waals surface area contributed by atoms with Crippen LogP contribution < -0.4 is 4.90 Å². The Morgan fingerprint density at radius 2 is 1.85 bits per heavy atom. The van der Waals surface area contributed by atoms with Gasteiger partial charge in [-0.15, -0.1) is 22.7 Å². The first-order valence-electron chi connectivity index (χ1n) is 9.52. The van der Waals surface area contributed by atoms with Crippen molar-refractivity contribution in [3.63, 3.8) is 0 Å². The molecule has 4 aliphatic heterocycles. The molecule has 27 heavy (non-hydrogen) atoms. The van der Waals surface area contributed by atoms with E-state index in [1.165, 1.54) is 19.8 Å². The number of anilines is 1. The number of hydrogen-bond donors (Lipinski definition) is 0. The summed E-state index contributed by atoms with van der Waals surface area (Å²) >= 11 is 3.50. The molecule has 4 aliphatic rings. The summed E-state index contributed by atoms with van der Waals surface area (Å²) in [5, 5.41) is 2.28. The summed E-state index contributed by atoms with van der Waals surface area (Å²) in [6, 6.07) is 14.9. The third-order valence-electron chi connectivity index (χ3n) is 6.29. The molecule has 4 saturated heterocycles. The maximum absolute atomic E-state index is 12.7. The maximum atomic E-state index is 12.7. The number of ether oxygens (including phenoxy) is 1. The average Bonchev–Trinajstić information content (AvgIpc) is 3.39. The van der Waals surface area contributed by atoms with Gasteiger partial charge in [-0.05, 0) is 55.6 Å².